The van der Waals surface area contributed by atoms with Crippen LogP contribution in [0.4, 0.5) is 4.79 Å². The molecular formula is CH10MgO6. The molecule has 0 bridgehead atoms. The van der Waals surface area contributed by atoms with Crippen LogP contribution in [-0.2, 0) is 0 Å². The van der Waals surface area contributed by atoms with Crippen molar-refractivity contribution in [3.63, 3.8) is 0 Å². The SMILES string of the molecule is O.O.O.O=C(O)O.[MgH2]. The van der Waals surface area contributed by atoms with E-state index in [1.165, 1.54) is 0 Å². The molecule has 0 aromatic carbocycles. The summed E-state index contributed by atoms with van der Waals surface area (Å²) in [6.45, 7) is 0. The molecule has 0 aliphatic rings. The van der Waals surface area contributed by atoms with Gasteiger partial charge in [0.05, 0.1) is 0 Å². The van der Waals surface area contributed by atoms with Gasteiger partial charge in [-0.3, -0.25) is 0 Å². The van der Waals surface area contributed by atoms with Crippen LogP contribution in [0.15, 0.2) is 0 Å². The summed E-state index contributed by atoms with van der Waals surface area (Å²) in [6.07, 6.45) is -1.83. The van der Waals surface area contributed by atoms with E-state index in [0.717, 1.165) is 0 Å². The Morgan fingerprint density at radius 1 is 1.00 bits per heavy atom. The molecule has 0 rings (SSSR count). The molecule has 0 heterocycles. The summed E-state index contributed by atoms with van der Waals surface area (Å²) in [5, 5.41) is 13.9. The highest BCUT2D eigenvalue weighted by atomic mass is 24.3. The van der Waals surface area contributed by atoms with E-state index in [2.05, 4.69) is 0 Å². The molecule has 0 aromatic heterocycles. The maximum atomic E-state index is 8.56. The largest absolute Gasteiger partial charge is 0.503 e. The molecule has 52 valence electrons. The fourth-order valence-corrected chi connectivity index (χ4v) is 0. The molecule has 0 fully saturated rings. The minimum atomic E-state index is -1.83. The Labute approximate surface area is 61.2 Å². The van der Waals surface area contributed by atoms with Crippen molar-refractivity contribution in [1.82, 2.24) is 0 Å². The quantitative estimate of drug-likeness (QED) is 0.343. The zero-order valence-corrected chi connectivity index (χ0v) is 3.30. The van der Waals surface area contributed by atoms with Crippen LogP contribution >= 0.6 is 0 Å². The second-order valence-corrected chi connectivity index (χ2v) is 0.283. The number of carboxylic acid groups (broad SMARTS) is 2. The van der Waals surface area contributed by atoms with E-state index in [1.807, 2.05) is 0 Å². The first-order valence-corrected chi connectivity index (χ1v) is 0.651. The van der Waals surface area contributed by atoms with Gasteiger partial charge in [-0.05, 0) is 0 Å². The van der Waals surface area contributed by atoms with Crippen LogP contribution in [0.1, 0.15) is 0 Å². The number of carbonyl (C=O) groups is 1. The molecule has 0 aliphatic heterocycles. The van der Waals surface area contributed by atoms with Gasteiger partial charge in [-0.15, -0.1) is 0 Å². The standard InChI is InChI=1S/CH2O3.Mg.3H2O.2H/c2-1(3)4;;;;;;/h(H2,2,3,4);;3*1H2;;. The number of hydrogen-bond acceptors (Lipinski definition) is 1. The smallest absolute Gasteiger partial charge is 0.450 e. The second-order valence-electron chi connectivity index (χ2n) is 0.283. The van der Waals surface area contributed by atoms with Gasteiger partial charge >= 0.3 is 29.2 Å². The predicted octanol–water partition coefficient (Wildman–Crippen LogP) is -3.17. The van der Waals surface area contributed by atoms with Crippen LogP contribution in [-0.4, -0.2) is 55.8 Å². The molecule has 0 saturated carbocycles. The fraction of sp³-hybridized carbons (Fsp3) is 0. The van der Waals surface area contributed by atoms with Crippen molar-refractivity contribution in [2.45, 2.75) is 0 Å². The molecule has 0 unspecified atom stereocenters. The van der Waals surface area contributed by atoms with E-state index in [1.54, 1.807) is 0 Å². The van der Waals surface area contributed by atoms with Crippen molar-refractivity contribution in [3.05, 3.63) is 0 Å². The van der Waals surface area contributed by atoms with Crippen LogP contribution in [0.5, 0.6) is 0 Å². The van der Waals surface area contributed by atoms with Gasteiger partial charge in [-0.1, -0.05) is 0 Å². The lowest BCUT2D eigenvalue weighted by Gasteiger charge is -1.60. The molecule has 0 radical (unpaired) electrons. The Balaban J connectivity index is -0.00000000750. The van der Waals surface area contributed by atoms with Crippen LogP contribution in [0.3, 0.4) is 0 Å². The minimum absolute atomic E-state index is 0. The second kappa shape index (κ2) is 28.5. The number of rotatable bonds is 0. The zero-order chi connectivity index (χ0) is 3.58. The van der Waals surface area contributed by atoms with Crippen molar-refractivity contribution in [2.75, 3.05) is 0 Å². The lowest BCUT2D eigenvalue weighted by atomic mass is 11.5. The number of hydrogen-bond donors (Lipinski definition) is 2. The average molecular weight is 142 g/mol. The molecule has 7 heteroatoms. The maximum Gasteiger partial charge on any atom is 0.503 e. The Morgan fingerprint density at radius 3 is 1.00 bits per heavy atom. The van der Waals surface area contributed by atoms with E-state index in [0.29, 0.717) is 0 Å². The molecule has 0 aliphatic carbocycles. The summed E-state index contributed by atoms with van der Waals surface area (Å²) in [4.78, 5) is 8.56. The van der Waals surface area contributed by atoms with E-state index < -0.39 is 6.16 Å². The molecule has 0 amide bonds. The predicted molar refractivity (Wildman–Crippen MR) is 30.0 cm³/mol. The third-order valence-electron chi connectivity index (χ3n) is 0. The van der Waals surface area contributed by atoms with Gasteiger partial charge in [0.1, 0.15) is 0 Å². The highest BCUT2D eigenvalue weighted by molar-refractivity contribution is 5.75. The van der Waals surface area contributed by atoms with Crippen molar-refractivity contribution < 1.29 is 31.4 Å². The van der Waals surface area contributed by atoms with Crippen molar-refractivity contribution >= 4 is 29.2 Å². The van der Waals surface area contributed by atoms with Gasteiger partial charge in [0.15, 0.2) is 0 Å². The van der Waals surface area contributed by atoms with E-state index in [4.69, 9.17) is 15.0 Å². The Hall–Kier alpha value is -0.0838. The molecule has 0 saturated heterocycles. The van der Waals surface area contributed by atoms with Crippen molar-refractivity contribution in [3.8, 4) is 0 Å². The van der Waals surface area contributed by atoms with Gasteiger partial charge < -0.3 is 26.6 Å². The summed E-state index contributed by atoms with van der Waals surface area (Å²) in [5.74, 6) is 0. The first-order chi connectivity index (χ1) is 1.73. The van der Waals surface area contributed by atoms with Crippen LogP contribution in [0.25, 0.3) is 0 Å². The van der Waals surface area contributed by atoms with Gasteiger partial charge in [0, 0.05) is 0 Å². The van der Waals surface area contributed by atoms with E-state index in [-0.39, 0.29) is 39.5 Å². The first kappa shape index (κ1) is 44.5. The average Bonchev–Trinajstić information content (AvgIpc) is 0.811. The first-order valence-electron chi connectivity index (χ1n) is 0.651. The van der Waals surface area contributed by atoms with Gasteiger partial charge in [0.2, 0.25) is 0 Å². The van der Waals surface area contributed by atoms with Gasteiger partial charge in [-0.2, -0.15) is 0 Å². The molecule has 0 aromatic rings. The molecule has 6 nitrogen and oxygen atoms in total. The fourth-order valence-electron chi connectivity index (χ4n) is 0. The van der Waals surface area contributed by atoms with Crippen LogP contribution < -0.4 is 0 Å². The van der Waals surface area contributed by atoms with Crippen LogP contribution in [0.2, 0.25) is 0 Å². The van der Waals surface area contributed by atoms with Gasteiger partial charge in [-0.25, -0.2) is 4.79 Å². The Morgan fingerprint density at radius 2 is 1.00 bits per heavy atom. The van der Waals surface area contributed by atoms with Crippen molar-refractivity contribution in [1.29, 1.82) is 0 Å². The minimum Gasteiger partial charge on any atom is -0.450 e. The summed E-state index contributed by atoms with van der Waals surface area (Å²) < 4.78 is 0. The Bertz CT molecular complexity index is 31.5. The molecule has 0 spiro atoms. The van der Waals surface area contributed by atoms with Gasteiger partial charge in [0.25, 0.3) is 0 Å². The Kier molecular flexibility index (Phi) is 158. The maximum absolute atomic E-state index is 8.56. The highest BCUT2D eigenvalue weighted by Gasteiger charge is 1.70. The third kappa shape index (κ3) is 20400. The van der Waals surface area contributed by atoms with Crippen molar-refractivity contribution in [2.24, 2.45) is 0 Å². The summed E-state index contributed by atoms with van der Waals surface area (Å²) >= 11 is 0. The monoisotopic (exact) mass is 142 g/mol. The lowest BCUT2D eigenvalue weighted by molar-refractivity contribution is 0.137. The summed E-state index contributed by atoms with van der Waals surface area (Å²) in [6, 6.07) is 0. The molecule has 0 atom stereocenters. The molecule has 8 N–H and O–H groups in total. The van der Waals surface area contributed by atoms with Crippen LogP contribution in [0, 0.1) is 0 Å². The normalized spacial score (nSPS) is 3.00. The summed E-state index contributed by atoms with van der Waals surface area (Å²) in [5.41, 5.74) is 0. The lowest BCUT2D eigenvalue weighted by Crippen LogP contribution is -1.81. The highest BCUT2D eigenvalue weighted by Crippen LogP contribution is 1.42. The summed E-state index contributed by atoms with van der Waals surface area (Å²) in [7, 11) is 0. The topological polar surface area (TPSA) is 152 Å². The molecular weight excluding hydrogens is 132 g/mol. The van der Waals surface area contributed by atoms with E-state index >= 15 is 0 Å². The van der Waals surface area contributed by atoms with E-state index in [9.17, 15) is 0 Å². The third-order valence-corrected chi connectivity index (χ3v) is 0. The molecule has 8 heavy (non-hydrogen) atoms. The zero-order valence-electron chi connectivity index (χ0n) is 3.30.